The summed E-state index contributed by atoms with van der Waals surface area (Å²) in [7, 11) is 0. The number of hydrogen-bond donors (Lipinski definition) is 2. The quantitative estimate of drug-likeness (QED) is 0.311. The zero-order valence-electron chi connectivity index (χ0n) is 16.5. The average Bonchev–Trinajstić information content (AvgIpc) is 3.53. The Hall–Kier alpha value is -3.67. The molecule has 0 fully saturated rings. The molecule has 3 aromatic heterocycles. The molecule has 0 aliphatic carbocycles. The molecule has 2 aliphatic rings. The predicted octanol–water partition coefficient (Wildman–Crippen LogP) is 6.32. The second-order valence-electron chi connectivity index (χ2n) is 7.45. The molecule has 1 radical (unpaired) electrons. The van der Waals surface area contributed by atoms with Crippen LogP contribution in [0.5, 0.6) is 0 Å². The molecule has 0 unspecified atom stereocenters. The monoisotopic (exact) mass is 445 g/mol. The molecule has 0 atom stereocenters. The van der Waals surface area contributed by atoms with Crippen molar-refractivity contribution in [1.29, 1.82) is 0 Å². The summed E-state index contributed by atoms with van der Waals surface area (Å²) in [5.74, 6) is 0. The van der Waals surface area contributed by atoms with E-state index in [1.807, 2.05) is 42.5 Å². The van der Waals surface area contributed by atoms with Crippen molar-refractivity contribution in [2.45, 2.75) is 0 Å². The number of aromatic nitrogens is 4. The molecule has 151 valence electrons. The van der Waals surface area contributed by atoms with Gasteiger partial charge >= 0.3 is 0 Å². The fraction of sp³-hybridized carbons (Fsp3) is 0. The Morgan fingerprint density at radius 3 is 1.84 bits per heavy atom. The van der Waals surface area contributed by atoms with Gasteiger partial charge in [-0.3, -0.25) is 0 Å². The van der Waals surface area contributed by atoms with Crippen molar-refractivity contribution in [3.05, 3.63) is 95.6 Å². The minimum absolute atomic E-state index is 0. The second kappa shape index (κ2) is 7.87. The molecule has 8 bridgehead atoms. The Balaban J connectivity index is 0.00000204. The third-order valence-corrected chi connectivity index (χ3v) is 5.25. The van der Waals surface area contributed by atoms with Crippen molar-refractivity contribution in [2.75, 3.05) is 0 Å². The molecule has 5 heterocycles. The molecule has 4 aromatic rings. The molecule has 2 aliphatic heterocycles. The molecule has 6 rings (SSSR count). The van der Waals surface area contributed by atoms with Crippen molar-refractivity contribution < 1.29 is 16.8 Å². The van der Waals surface area contributed by atoms with Crippen molar-refractivity contribution in [3.63, 3.8) is 0 Å². The number of aromatic amines is 2. The fourth-order valence-corrected chi connectivity index (χ4v) is 3.87. The van der Waals surface area contributed by atoms with Crippen LogP contribution in [-0.4, -0.2) is 19.9 Å². The van der Waals surface area contributed by atoms with Crippen LogP contribution in [0.2, 0.25) is 0 Å². The Morgan fingerprint density at radius 1 is 0.516 bits per heavy atom. The number of H-pyrrole nitrogens is 2. The standard InChI is InChI=1S/C26H18N4.Co/c1-2-4-17(5-3-1)25-15-24-14-22-9-8-20(28-22)12-18-6-7-19(27-18)13-21-10-11-23(29-21)16-26(25)30-24;/h1-16,28,30H;. The van der Waals surface area contributed by atoms with Gasteiger partial charge in [0.1, 0.15) is 0 Å². The maximum absolute atomic E-state index is 4.76. The van der Waals surface area contributed by atoms with E-state index in [2.05, 4.69) is 69.5 Å². The van der Waals surface area contributed by atoms with Gasteiger partial charge in [-0.05, 0) is 72.3 Å². The molecule has 0 saturated heterocycles. The van der Waals surface area contributed by atoms with E-state index in [0.29, 0.717) is 0 Å². The van der Waals surface area contributed by atoms with Crippen LogP contribution in [0.1, 0.15) is 22.8 Å². The van der Waals surface area contributed by atoms with Crippen LogP contribution in [0.15, 0.2) is 72.8 Å². The maximum Gasteiger partial charge on any atom is 0.0659 e. The van der Waals surface area contributed by atoms with E-state index in [1.165, 1.54) is 5.56 Å². The van der Waals surface area contributed by atoms with Crippen molar-refractivity contribution in [3.8, 4) is 11.1 Å². The van der Waals surface area contributed by atoms with E-state index >= 15 is 0 Å². The summed E-state index contributed by atoms with van der Waals surface area (Å²) in [4.78, 5) is 16.4. The zero-order chi connectivity index (χ0) is 19.9. The molecule has 5 heteroatoms. The summed E-state index contributed by atoms with van der Waals surface area (Å²) < 4.78 is 0. The van der Waals surface area contributed by atoms with Crippen molar-refractivity contribution >= 4 is 46.4 Å². The van der Waals surface area contributed by atoms with Crippen LogP contribution in [0, 0.1) is 0 Å². The number of nitrogens with zero attached hydrogens (tertiary/aromatic N) is 2. The zero-order valence-corrected chi connectivity index (χ0v) is 17.5. The van der Waals surface area contributed by atoms with E-state index in [4.69, 9.17) is 4.98 Å². The molecular weight excluding hydrogens is 427 g/mol. The predicted molar refractivity (Wildman–Crippen MR) is 124 cm³/mol. The number of rotatable bonds is 1. The third kappa shape index (κ3) is 3.88. The van der Waals surface area contributed by atoms with E-state index in [-0.39, 0.29) is 16.8 Å². The van der Waals surface area contributed by atoms with Gasteiger partial charge in [0.15, 0.2) is 0 Å². The first-order valence-electron chi connectivity index (χ1n) is 9.92. The van der Waals surface area contributed by atoms with E-state index < -0.39 is 0 Å². The molecule has 4 nitrogen and oxygen atoms in total. The topological polar surface area (TPSA) is 57.4 Å². The first kappa shape index (κ1) is 19.3. The van der Waals surface area contributed by atoms with Gasteiger partial charge < -0.3 is 9.97 Å². The van der Waals surface area contributed by atoms with Crippen molar-refractivity contribution in [1.82, 2.24) is 19.9 Å². The van der Waals surface area contributed by atoms with Gasteiger partial charge in [0.2, 0.25) is 0 Å². The number of hydrogen-bond acceptors (Lipinski definition) is 2. The first-order valence-corrected chi connectivity index (χ1v) is 9.92. The molecule has 31 heavy (non-hydrogen) atoms. The third-order valence-electron chi connectivity index (χ3n) is 5.25. The van der Waals surface area contributed by atoms with Gasteiger partial charge in [-0.1, -0.05) is 30.3 Å². The maximum atomic E-state index is 4.76. The summed E-state index contributed by atoms with van der Waals surface area (Å²) in [5.41, 5.74) is 10.1. The van der Waals surface area contributed by atoms with Gasteiger partial charge in [-0.15, -0.1) is 0 Å². The minimum atomic E-state index is 0. The van der Waals surface area contributed by atoms with Crippen LogP contribution in [0.4, 0.5) is 0 Å². The first-order chi connectivity index (χ1) is 14.8. The molecule has 0 saturated carbocycles. The summed E-state index contributed by atoms with van der Waals surface area (Å²) in [6, 6.07) is 25.0. The summed E-state index contributed by atoms with van der Waals surface area (Å²) >= 11 is 0. The Bertz CT molecular complexity index is 1490. The van der Waals surface area contributed by atoms with Crippen LogP contribution >= 0.6 is 0 Å². The van der Waals surface area contributed by atoms with Crippen molar-refractivity contribution in [2.24, 2.45) is 0 Å². The average molecular weight is 445 g/mol. The van der Waals surface area contributed by atoms with Gasteiger partial charge in [0, 0.05) is 44.4 Å². The van der Waals surface area contributed by atoms with Crippen LogP contribution in [0.25, 0.3) is 57.5 Å². The van der Waals surface area contributed by atoms with Gasteiger partial charge in [0.05, 0.1) is 22.8 Å². The minimum Gasteiger partial charge on any atom is -0.355 e. The van der Waals surface area contributed by atoms with Gasteiger partial charge in [-0.25, -0.2) is 9.97 Å². The Labute approximate surface area is 189 Å². The van der Waals surface area contributed by atoms with E-state index in [0.717, 1.165) is 50.4 Å². The van der Waals surface area contributed by atoms with E-state index in [1.54, 1.807) is 0 Å². The molecule has 1 aromatic carbocycles. The summed E-state index contributed by atoms with van der Waals surface area (Å²) in [6.07, 6.45) is 8.10. The Kier molecular flexibility index (Phi) is 4.90. The SMILES string of the molecule is C1=Cc2cc3ccc(cc4cc(-c5ccccc5)c(cc5nc(cc1n2)C=C5)[nH]4)[nH]3.[Co]. The molecule has 0 spiro atoms. The number of fused-ring (bicyclic) bond motifs is 8. The summed E-state index contributed by atoms with van der Waals surface area (Å²) in [6.45, 7) is 0. The van der Waals surface area contributed by atoms with Crippen LogP contribution in [0.3, 0.4) is 0 Å². The largest absolute Gasteiger partial charge is 0.355 e. The number of nitrogens with one attached hydrogen (secondary N) is 2. The molecule has 2 N–H and O–H groups in total. The normalized spacial score (nSPS) is 12.0. The van der Waals surface area contributed by atoms with Gasteiger partial charge in [0.25, 0.3) is 0 Å². The molecular formula is C26H18CoN4. The molecule has 0 amide bonds. The summed E-state index contributed by atoms with van der Waals surface area (Å²) in [5, 5.41) is 0. The van der Waals surface area contributed by atoms with Crippen LogP contribution < -0.4 is 0 Å². The smallest absolute Gasteiger partial charge is 0.0659 e. The second-order valence-corrected chi connectivity index (χ2v) is 7.45. The van der Waals surface area contributed by atoms with E-state index in [9.17, 15) is 0 Å². The van der Waals surface area contributed by atoms with Gasteiger partial charge in [-0.2, -0.15) is 0 Å². The fourth-order valence-electron chi connectivity index (χ4n) is 3.87. The number of benzene rings is 1. The Morgan fingerprint density at radius 2 is 1.13 bits per heavy atom. The van der Waals surface area contributed by atoms with Crippen LogP contribution in [-0.2, 0) is 16.8 Å².